The van der Waals surface area contributed by atoms with Crippen LogP contribution in [-0.4, -0.2) is 74.6 Å². The van der Waals surface area contributed by atoms with Gasteiger partial charge in [0.2, 0.25) is 0 Å². The number of allylic oxidation sites excluding steroid dienone is 1. The molecule has 0 saturated carbocycles. The molecule has 9 heteroatoms. The molecule has 0 aromatic carbocycles. The zero-order valence-electron chi connectivity index (χ0n) is 19.5. The number of aromatic nitrogens is 5. The first-order valence-corrected chi connectivity index (χ1v) is 11.5. The van der Waals surface area contributed by atoms with Crippen LogP contribution in [0.5, 0.6) is 0 Å². The summed E-state index contributed by atoms with van der Waals surface area (Å²) in [5.41, 5.74) is 7.71. The van der Waals surface area contributed by atoms with Gasteiger partial charge in [-0.2, -0.15) is 5.10 Å². The summed E-state index contributed by atoms with van der Waals surface area (Å²) in [5, 5.41) is 19.8. The zero-order chi connectivity index (χ0) is 23.8. The molecule has 1 aliphatic rings. The SMILES string of the molecule is C=CC(C=N)c1c(-c2cn3ncnc3c(C)c2C)[nH]c2ccc(N3CCN(CC=N)CC3)nc12. The van der Waals surface area contributed by atoms with Gasteiger partial charge in [0.05, 0.1) is 16.7 Å². The molecule has 1 saturated heterocycles. The number of nitrogens with zero attached hydrogens (tertiary/aromatic N) is 6. The topological polar surface area (TPSA) is 113 Å². The van der Waals surface area contributed by atoms with Crippen molar-refractivity contribution >= 4 is 34.9 Å². The van der Waals surface area contributed by atoms with Gasteiger partial charge in [-0.3, -0.25) is 4.90 Å². The summed E-state index contributed by atoms with van der Waals surface area (Å²) in [6.45, 7) is 12.4. The molecule has 9 nitrogen and oxygen atoms in total. The van der Waals surface area contributed by atoms with Crippen molar-refractivity contribution in [2.24, 2.45) is 0 Å². The molecule has 1 unspecified atom stereocenters. The Balaban J connectivity index is 1.64. The van der Waals surface area contributed by atoms with E-state index in [4.69, 9.17) is 15.8 Å². The van der Waals surface area contributed by atoms with Gasteiger partial charge in [0.15, 0.2) is 5.65 Å². The van der Waals surface area contributed by atoms with E-state index < -0.39 is 0 Å². The van der Waals surface area contributed by atoms with E-state index in [1.54, 1.807) is 16.9 Å². The summed E-state index contributed by atoms with van der Waals surface area (Å²) >= 11 is 0. The third kappa shape index (κ3) is 3.58. The summed E-state index contributed by atoms with van der Waals surface area (Å²) in [6.07, 6.45) is 8.23. The Morgan fingerprint density at radius 3 is 2.65 bits per heavy atom. The van der Waals surface area contributed by atoms with Crippen LogP contribution in [0.2, 0.25) is 0 Å². The van der Waals surface area contributed by atoms with Crippen molar-refractivity contribution < 1.29 is 0 Å². The molecule has 0 spiro atoms. The van der Waals surface area contributed by atoms with Crippen molar-refractivity contribution in [1.29, 1.82) is 10.8 Å². The fourth-order valence-corrected chi connectivity index (χ4v) is 4.80. The molecule has 174 valence electrons. The van der Waals surface area contributed by atoms with Gasteiger partial charge >= 0.3 is 0 Å². The van der Waals surface area contributed by atoms with E-state index in [0.29, 0.717) is 6.54 Å². The third-order valence-corrected chi connectivity index (χ3v) is 6.87. The van der Waals surface area contributed by atoms with Gasteiger partial charge in [-0.15, -0.1) is 6.58 Å². The summed E-state index contributed by atoms with van der Waals surface area (Å²) in [4.78, 5) is 17.6. The fraction of sp³-hybridized carbons (Fsp3) is 0.320. The molecule has 34 heavy (non-hydrogen) atoms. The lowest BCUT2D eigenvalue weighted by Crippen LogP contribution is -2.47. The van der Waals surface area contributed by atoms with E-state index in [1.165, 1.54) is 12.4 Å². The molecule has 4 aromatic rings. The van der Waals surface area contributed by atoms with Crippen LogP contribution in [0.1, 0.15) is 22.6 Å². The molecule has 0 aliphatic carbocycles. The highest BCUT2D eigenvalue weighted by atomic mass is 15.3. The van der Waals surface area contributed by atoms with Crippen LogP contribution in [0.25, 0.3) is 27.9 Å². The number of piperazine rings is 1. The number of pyridine rings is 2. The lowest BCUT2D eigenvalue weighted by molar-refractivity contribution is 0.293. The number of H-pyrrole nitrogens is 1. The fourth-order valence-electron chi connectivity index (χ4n) is 4.80. The molecule has 1 aliphatic heterocycles. The Morgan fingerprint density at radius 2 is 1.94 bits per heavy atom. The molecule has 5 rings (SSSR count). The second-order valence-corrected chi connectivity index (χ2v) is 8.72. The highest BCUT2D eigenvalue weighted by molar-refractivity contribution is 5.94. The average molecular weight is 456 g/mol. The zero-order valence-corrected chi connectivity index (χ0v) is 19.5. The number of aryl methyl sites for hydroxylation is 1. The third-order valence-electron chi connectivity index (χ3n) is 6.87. The first-order valence-electron chi connectivity index (χ1n) is 11.5. The highest BCUT2D eigenvalue weighted by Gasteiger charge is 2.24. The molecule has 5 heterocycles. The Hall–Kier alpha value is -3.85. The minimum atomic E-state index is -0.276. The van der Waals surface area contributed by atoms with Crippen LogP contribution >= 0.6 is 0 Å². The van der Waals surface area contributed by atoms with Crippen molar-refractivity contribution in [2.45, 2.75) is 19.8 Å². The molecule has 0 radical (unpaired) electrons. The van der Waals surface area contributed by atoms with Crippen molar-refractivity contribution in [2.75, 3.05) is 37.6 Å². The predicted octanol–water partition coefficient (Wildman–Crippen LogP) is 3.58. The quantitative estimate of drug-likeness (QED) is 0.291. The van der Waals surface area contributed by atoms with Crippen LogP contribution in [0.3, 0.4) is 0 Å². The van der Waals surface area contributed by atoms with Crippen LogP contribution in [-0.2, 0) is 0 Å². The van der Waals surface area contributed by atoms with Gasteiger partial charge < -0.3 is 20.7 Å². The summed E-state index contributed by atoms with van der Waals surface area (Å²) in [7, 11) is 0. The van der Waals surface area contributed by atoms with Gasteiger partial charge in [0, 0.05) is 68.4 Å². The van der Waals surface area contributed by atoms with Gasteiger partial charge in [-0.1, -0.05) is 6.08 Å². The lowest BCUT2D eigenvalue weighted by atomic mass is 9.94. The number of hydrogen-bond acceptors (Lipinski definition) is 7. The summed E-state index contributed by atoms with van der Waals surface area (Å²) in [5.74, 6) is 0.656. The maximum Gasteiger partial charge on any atom is 0.158 e. The second kappa shape index (κ2) is 8.83. The van der Waals surface area contributed by atoms with E-state index in [0.717, 1.165) is 76.6 Å². The van der Waals surface area contributed by atoms with E-state index in [9.17, 15) is 0 Å². The average Bonchev–Trinajstić information content (AvgIpc) is 3.48. The van der Waals surface area contributed by atoms with E-state index >= 15 is 0 Å². The number of hydrogen-bond donors (Lipinski definition) is 3. The first kappa shape index (κ1) is 22.0. The maximum absolute atomic E-state index is 8.08. The van der Waals surface area contributed by atoms with Gasteiger partial charge in [0.1, 0.15) is 12.1 Å². The molecule has 1 atom stereocenters. The number of nitrogens with one attached hydrogen (secondary N) is 3. The summed E-state index contributed by atoms with van der Waals surface area (Å²) < 4.78 is 1.80. The van der Waals surface area contributed by atoms with Crippen molar-refractivity contribution in [3.8, 4) is 11.3 Å². The van der Waals surface area contributed by atoms with Crippen LogP contribution in [0, 0.1) is 24.7 Å². The molecule has 4 aromatic heterocycles. The number of rotatable bonds is 7. The molecule has 0 amide bonds. The Morgan fingerprint density at radius 1 is 1.15 bits per heavy atom. The van der Waals surface area contributed by atoms with Crippen molar-refractivity contribution in [3.05, 3.63) is 54.0 Å². The Labute approximate surface area is 198 Å². The lowest BCUT2D eigenvalue weighted by Gasteiger charge is -2.34. The number of anilines is 1. The van der Waals surface area contributed by atoms with Crippen molar-refractivity contribution in [1.82, 2.24) is 29.5 Å². The van der Waals surface area contributed by atoms with Crippen LogP contribution in [0.15, 0.2) is 37.3 Å². The van der Waals surface area contributed by atoms with Crippen molar-refractivity contribution in [3.63, 3.8) is 0 Å². The van der Waals surface area contributed by atoms with E-state index in [2.05, 4.69) is 57.4 Å². The van der Waals surface area contributed by atoms with Gasteiger partial charge in [0.25, 0.3) is 0 Å². The Kier molecular flexibility index (Phi) is 5.70. The highest BCUT2D eigenvalue weighted by Crippen LogP contribution is 2.38. The molecule has 3 N–H and O–H groups in total. The standard InChI is InChI=1S/C25H29N9/c1-4-18(13-27)22-23(19-14-34-25(28-15-29-34)17(3)16(19)2)30-20-5-6-21(31-24(20)22)33-11-9-32(8-7-26)10-12-33/h4-7,13-15,18,26-27,30H,1,8-12H2,2-3H3. The molecular weight excluding hydrogens is 426 g/mol. The van der Waals surface area contributed by atoms with Crippen LogP contribution < -0.4 is 4.90 Å². The van der Waals surface area contributed by atoms with Gasteiger partial charge in [-0.25, -0.2) is 14.5 Å². The van der Waals surface area contributed by atoms with E-state index in [-0.39, 0.29) is 5.92 Å². The van der Waals surface area contributed by atoms with Gasteiger partial charge in [-0.05, 0) is 37.1 Å². The molecule has 1 fully saturated rings. The number of fused-ring (bicyclic) bond motifs is 2. The summed E-state index contributed by atoms with van der Waals surface area (Å²) in [6, 6.07) is 4.14. The minimum Gasteiger partial charge on any atom is -0.354 e. The molecule has 0 bridgehead atoms. The Bertz CT molecular complexity index is 1380. The molecular formula is C25H29N9. The van der Waals surface area contributed by atoms with Crippen LogP contribution in [0.4, 0.5) is 5.82 Å². The van der Waals surface area contributed by atoms with E-state index in [1.807, 2.05) is 6.20 Å². The minimum absolute atomic E-state index is 0.276. The number of aromatic amines is 1. The first-order chi connectivity index (χ1) is 16.5. The maximum atomic E-state index is 8.08. The normalized spacial score (nSPS) is 15.6. The largest absolute Gasteiger partial charge is 0.354 e. The monoisotopic (exact) mass is 455 g/mol. The predicted molar refractivity (Wildman–Crippen MR) is 137 cm³/mol. The second-order valence-electron chi connectivity index (χ2n) is 8.72. The smallest absolute Gasteiger partial charge is 0.158 e.